The molecule has 34 heavy (non-hydrogen) atoms. The van der Waals surface area contributed by atoms with E-state index in [-0.39, 0.29) is 15.6 Å². The molecule has 5 rings (SSSR count). The van der Waals surface area contributed by atoms with Gasteiger partial charge in [-0.2, -0.15) is 4.52 Å². The number of fused-ring (bicyclic) bond motifs is 3. The average molecular weight is 474 g/mol. The van der Waals surface area contributed by atoms with Crippen LogP contribution in [0.25, 0.3) is 16.6 Å². The molecule has 5 aromatic rings. The smallest absolute Gasteiger partial charge is 0.229 e. The lowest BCUT2D eigenvalue weighted by Gasteiger charge is -2.14. The van der Waals surface area contributed by atoms with Crippen LogP contribution in [0.5, 0.6) is 5.75 Å². The summed E-state index contributed by atoms with van der Waals surface area (Å²) < 4.78 is 34.2. The Bertz CT molecular complexity index is 1640. The summed E-state index contributed by atoms with van der Waals surface area (Å²) in [5.41, 5.74) is 3.44. The number of nitrogens with one attached hydrogen (secondary N) is 1. The maximum atomic E-state index is 13.5. The van der Waals surface area contributed by atoms with Crippen molar-refractivity contribution in [2.45, 2.75) is 30.7 Å². The Labute approximate surface area is 197 Å². The van der Waals surface area contributed by atoms with Crippen molar-refractivity contribution in [1.29, 1.82) is 0 Å². The van der Waals surface area contributed by atoms with Crippen molar-refractivity contribution in [2.24, 2.45) is 0 Å². The molecule has 0 saturated heterocycles. The van der Waals surface area contributed by atoms with E-state index in [1.165, 1.54) is 4.52 Å². The van der Waals surface area contributed by atoms with E-state index in [0.29, 0.717) is 23.7 Å². The lowest BCUT2D eigenvalue weighted by molar-refractivity contribution is 0.342. The number of aromatic nitrogens is 4. The maximum absolute atomic E-state index is 13.5. The van der Waals surface area contributed by atoms with Crippen LogP contribution in [0, 0.1) is 13.8 Å². The second kappa shape index (κ2) is 8.42. The number of hydrogen-bond acceptors (Lipinski definition) is 7. The van der Waals surface area contributed by atoms with Crippen LogP contribution in [0.1, 0.15) is 18.1 Å². The summed E-state index contributed by atoms with van der Waals surface area (Å²) in [6.07, 6.45) is 0. The summed E-state index contributed by atoms with van der Waals surface area (Å²) in [5, 5.41) is 12.1. The Kier molecular flexibility index (Phi) is 5.41. The topological polar surface area (TPSA) is 98.5 Å². The van der Waals surface area contributed by atoms with Gasteiger partial charge in [-0.25, -0.2) is 13.4 Å². The van der Waals surface area contributed by atoms with Gasteiger partial charge in [0.25, 0.3) is 0 Å². The normalized spacial score (nSPS) is 11.7. The van der Waals surface area contributed by atoms with Crippen LogP contribution < -0.4 is 10.1 Å². The zero-order valence-electron chi connectivity index (χ0n) is 19.0. The lowest BCUT2D eigenvalue weighted by atomic mass is 10.1. The van der Waals surface area contributed by atoms with Crippen LogP contribution in [-0.2, 0) is 9.84 Å². The first-order valence-corrected chi connectivity index (χ1v) is 12.3. The maximum Gasteiger partial charge on any atom is 0.229 e. The van der Waals surface area contributed by atoms with Gasteiger partial charge in [0, 0.05) is 5.39 Å². The van der Waals surface area contributed by atoms with E-state index in [0.717, 1.165) is 22.2 Å². The molecular formula is C25H23N5O3S. The van der Waals surface area contributed by atoms with Gasteiger partial charge >= 0.3 is 0 Å². The van der Waals surface area contributed by atoms with Gasteiger partial charge in [-0.1, -0.05) is 35.5 Å². The number of nitrogens with zero attached hydrogens (tertiary/aromatic N) is 4. The summed E-state index contributed by atoms with van der Waals surface area (Å²) in [7, 11) is -3.95. The molecule has 0 aliphatic carbocycles. The minimum Gasteiger partial charge on any atom is -0.492 e. The molecule has 0 radical (unpaired) electrons. The summed E-state index contributed by atoms with van der Waals surface area (Å²) in [6, 6.07) is 20.0. The Morgan fingerprint density at radius 2 is 1.74 bits per heavy atom. The highest BCUT2D eigenvalue weighted by atomic mass is 32.2. The van der Waals surface area contributed by atoms with E-state index in [1.807, 2.05) is 69.3 Å². The number of aryl methyl sites for hydroxylation is 2. The first-order chi connectivity index (χ1) is 16.4. The van der Waals surface area contributed by atoms with Gasteiger partial charge in [0.1, 0.15) is 11.6 Å². The average Bonchev–Trinajstić information content (AvgIpc) is 3.27. The third-order valence-corrected chi connectivity index (χ3v) is 7.35. The molecule has 3 aromatic carbocycles. The first kappa shape index (κ1) is 21.8. The predicted molar refractivity (Wildman–Crippen MR) is 131 cm³/mol. The third kappa shape index (κ3) is 3.63. The second-order valence-electron chi connectivity index (χ2n) is 7.91. The van der Waals surface area contributed by atoms with Crippen LogP contribution in [-0.4, -0.2) is 34.8 Å². The molecule has 8 nitrogen and oxygen atoms in total. The highest BCUT2D eigenvalue weighted by molar-refractivity contribution is 7.91. The van der Waals surface area contributed by atoms with E-state index < -0.39 is 9.84 Å². The van der Waals surface area contributed by atoms with Gasteiger partial charge < -0.3 is 10.1 Å². The predicted octanol–water partition coefficient (Wildman–Crippen LogP) is 4.87. The SMILES string of the molecule is CCOc1ccccc1Nc1nc2c(S(=O)(=O)c3ccc(C)c(C)c3)nnn2c2ccccc12. The summed E-state index contributed by atoms with van der Waals surface area (Å²) in [6.45, 7) is 6.24. The van der Waals surface area contributed by atoms with E-state index >= 15 is 0 Å². The fourth-order valence-corrected chi connectivity index (χ4v) is 5.10. The zero-order valence-corrected chi connectivity index (χ0v) is 19.8. The molecule has 0 saturated carbocycles. The number of ether oxygens (including phenoxy) is 1. The molecule has 0 spiro atoms. The van der Waals surface area contributed by atoms with E-state index in [4.69, 9.17) is 4.74 Å². The quantitative estimate of drug-likeness (QED) is 0.376. The molecule has 0 aliphatic rings. The number of rotatable bonds is 6. The summed E-state index contributed by atoms with van der Waals surface area (Å²) in [4.78, 5) is 4.84. The molecule has 1 N–H and O–H groups in total. The van der Waals surface area contributed by atoms with Crippen LogP contribution in [0.4, 0.5) is 11.5 Å². The van der Waals surface area contributed by atoms with Crippen LogP contribution in [0.15, 0.2) is 76.7 Å². The number of hydrogen-bond donors (Lipinski definition) is 1. The van der Waals surface area contributed by atoms with Gasteiger partial charge in [-0.05, 0) is 68.3 Å². The number of anilines is 2. The Balaban J connectivity index is 1.72. The van der Waals surface area contributed by atoms with Gasteiger partial charge in [-0.3, -0.25) is 0 Å². The van der Waals surface area contributed by atoms with Gasteiger partial charge in [0.05, 0.1) is 22.7 Å². The fourth-order valence-electron chi connectivity index (χ4n) is 3.79. The second-order valence-corrected chi connectivity index (χ2v) is 9.78. The standard InChI is InChI=1S/C25H23N5O3S/c1-4-33-22-12-8-6-10-20(22)26-23-19-9-5-7-11-21(19)30-24(27-23)25(28-29-30)34(31,32)18-14-13-16(2)17(3)15-18/h5-15H,4H2,1-3H3,(H,26,27). The van der Waals surface area contributed by atoms with Crippen molar-refractivity contribution in [3.8, 4) is 5.75 Å². The summed E-state index contributed by atoms with van der Waals surface area (Å²) in [5.74, 6) is 1.15. The molecule has 9 heteroatoms. The molecule has 0 bridgehead atoms. The summed E-state index contributed by atoms with van der Waals surface area (Å²) >= 11 is 0. The molecule has 0 atom stereocenters. The number of benzene rings is 3. The highest BCUT2D eigenvalue weighted by Gasteiger charge is 2.27. The number of para-hydroxylation sites is 3. The van der Waals surface area contributed by atoms with E-state index in [2.05, 4.69) is 20.6 Å². The molecule has 2 heterocycles. The van der Waals surface area contributed by atoms with E-state index in [9.17, 15) is 8.42 Å². The largest absolute Gasteiger partial charge is 0.492 e. The number of sulfone groups is 1. The van der Waals surface area contributed by atoms with Crippen molar-refractivity contribution in [3.05, 3.63) is 77.9 Å². The first-order valence-electron chi connectivity index (χ1n) is 10.9. The van der Waals surface area contributed by atoms with Gasteiger partial charge in [0.15, 0.2) is 5.65 Å². The molecular weight excluding hydrogens is 450 g/mol. The van der Waals surface area contributed by atoms with Crippen molar-refractivity contribution < 1.29 is 13.2 Å². The molecule has 0 unspecified atom stereocenters. The minimum absolute atomic E-state index is 0.147. The van der Waals surface area contributed by atoms with Crippen molar-refractivity contribution in [2.75, 3.05) is 11.9 Å². The molecule has 2 aromatic heterocycles. The zero-order chi connectivity index (χ0) is 23.9. The van der Waals surface area contributed by atoms with Crippen LogP contribution in [0.2, 0.25) is 0 Å². The van der Waals surface area contributed by atoms with Gasteiger partial charge in [-0.15, -0.1) is 5.10 Å². The van der Waals surface area contributed by atoms with Crippen molar-refractivity contribution in [1.82, 2.24) is 19.8 Å². The minimum atomic E-state index is -3.95. The van der Waals surface area contributed by atoms with Gasteiger partial charge in [0.2, 0.25) is 14.9 Å². The fraction of sp³-hybridized carbons (Fsp3) is 0.160. The Morgan fingerprint density at radius 1 is 0.971 bits per heavy atom. The monoisotopic (exact) mass is 473 g/mol. The molecule has 172 valence electrons. The van der Waals surface area contributed by atoms with Crippen LogP contribution in [0.3, 0.4) is 0 Å². The molecule has 0 amide bonds. The van der Waals surface area contributed by atoms with E-state index in [1.54, 1.807) is 18.2 Å². The molecule has 0 aliphatic heterocycles. The van der Waals surface area contributed by atoms with Crippen LogP contribution >= 0.6 is 0 Å². The van der Waals surface area contributed by atoms with Crippen molar-refractivity contribution in [3.63, 3.8) is 0 Å². The Hall–Kier alpha value is -3.98. The van der Waals surface area contributed by atoms with Crippen molar-refractivity contribution >= 4 is 37.9 Å². The third-order valence-electron chi connectivity index (χ3n) is 5.71. The highest BCUT2D eigenvalue weighted by Crippen LogP contribution is 2.32. The Morgan fingerprint density at radius 3 is 2.53 bits per heavy atom. The lowest BCUT2D eigenvalue weighted by Crippen LogP contribution is -2.06. The molecule has 0 fully saturated rings.